The van der Waals surface area contributed by atoms with E-state index in [9.17, 15) is 18.8 Å². The molecule has 1 aromatic heterocycles. The predicted molar refractivity (Wildman–Crippen MR) is 126 cm³/mol. The van der Waals surface area contributed by atoms with Crippen LogP contribution in [0.15, 0.2) is 60.3 Å². The summed E-state index contributed by atoms with van der Waals surface area (Å²) < 4.78 is 18.6. The van der Waals surface area contributed by atoms with Crippen molar-refractivity contribution < 1.29 is 23.5 Å². The van der Waals surface area contributed by atoms with E-state index in [1.165, 1.54) is 43.3 Å². The molecule has 0 radical (unpaired) electrons. The lowest BCUT2D eigenvalue weighted by Gasteiger charge is -2.27. The lowest BCUT2D eigenvalue weighted by Crippen LogP contribution is -2.37. The van der Waals surface area contributed by atoms with Crippen LogP contribution < -0.4 is 15.0 Å². The van der Waals surface area contributed by atoms with Gasteiger partial charge in [0.15, 0.2) is 0 Å². The molecule has 0 spiro atoms. The van der Waals surface area contributed by atoms with Crippen molar-refractivity contribution in [1.29, 1.82) is 0 Å². The summed E-state index contributed by atoms with van der Waals surface area (Å²) >= 11 is 5.82. The largest absolute Gasteiger partial charge is 0.481 e. The average molecular weight is 480 g/mol. The van der Waals surface area contributed by atoms with Crippen LogP contribution in [-0.2, 0) is 11.3 Å². The number of hydrogen-bond acceptors (Lipinski definition) is 5. The van der Waals surface area contributed by atoms with Gasteiger partial charge in [-0.1, -0.05) is 17.7 Å². The number of anilines is 1. The monoisotopic (exact) mass is 479 g/mol. The number of methoxy groups -OCH3 is 1. The van der Waals surface area contributed by atoms with Crippen molar-refractivity contribution in [3.63, 3.8) is 0 Å². The topological polar surface area (TPSA) is 88.6 Å². The number of pyridine rings is 1. The third-order valence-electron chi connectivity index (χ3n) is 5.36. The minimum atomic E-state index is -0.603. The van der Waals surface area contributed by atoms with Crippen LogP contribution in [-0.4, -0.2) is 36.7 Å². The number of halogens is 2. The van der Waals surface area contributed by atoms with Gasteiger partial charge in [-0.05, 0) is 53.6 Å². The van der Waals surface area contributed by atoms with Gasteiger partial charge in [0.2, 0.25) is 11.7 Å². The molecule has 0 bridgehead atoms. The summed E-state index contributed by atoms with van der Waals surface area (Å²) in [5, 5.41) is 2.67. The zero-order valence-electron chi connectivity index (χ0n) is 18.3. The number of likely N-dealkylation sites (N-methyl/N-ethyl adjacent to an activating group) is 1. The first-order valence-electron chi connectivity index (χ1n) is 10.2. The highest BCUT2D eigenvalue weighted by molar-refractivity contribution is 6.37. The second kappa shape index (κ2) is 9.44. The van der Waals surface area contributed by atoms with Gasteiger partial charge in [-0.15, -0.1) is 0 Å². The maximum atomic E-state index is 13.5. The summed E-state index contributed by atoms with van der Waals surface area (Å²) in [4.78, 5) is 44.1. The molecule has 34 heavy (non-hydrogen) atoms. The van der Waals surface area contributed by atoms with E-state index in [1.54, 1.807) is 30.5 Å². The Labute approximate surface area is 199 Å². The first-order chi connectivity index (χ1) is 16.3. The van der Waals surface area contributed by atoms with E-state index in [0.717, 1.165) is 11.6 Å². The van der Waals surface area contributed by atoms with Crippen molar-refractivity contribution in [3.05, 3.63) is 93.4 Å². The lowest BCUT2D eigenvalue weighted by molar-refractivity contribution is -0.114. The molecule has 2 amide bonds. The third kappa shape index (κ3) is 4.53. The Balaban J connectivity index is 1.61. The number of carbonyl (C=O) groups is 3. The van der Waals surface area contributed by atoms with Crippen molar-refractivity contribution in [1.82, 2.24) is 10.3 Å². The Kier molecular flexibility index (Phi) is 6.43. The number of benzene rings is 2. The molecule has 7 nitrogen and oxygen atoms in total. The molecule has 0 atom stereocenters. The molecule has 3 aromatic rings. The van der Waals surface area contributed by atoms with Crippen LogP contribution in [0.3, 0.4) is 0 Å². The highest BCUT2D eigenvalue weighted by atomic mass is 35.5. The van der Waals surface area contributed by atoms with Gasteiger partial charge in [0, 0.05) is 37.0 Å². The summed E-state index contributed by atoms with van der Waals surface area (Å²) in [6, 6.07) is 11.9. The Morgan fingerprint density at radius 2 is 1.97 bits per heavy atom. The number of ether oxygens (including phenoxy) is 1. The number of ketones is 1. The molecule has 0 saturated carbocycles. The lowest BCUT2D eigenvalue weighted by atomic mass is 9.92. The molecule has 0 aliphatic carbocycles. The number of amides is 2. The minimum Gasteiger partial charge on any atom is -0.481 e. The molecule has 1 aliphatic rings. The Morgan fingerprint density at radius 3 is 2.71 bits per heavy atom. The van der Waals surface area contributed by atoms with Gasteiger partial charge in [-0.2, -0.15) is 0 Å². The first-order valence-corrected chi connectivity index (χ1v) is 10.6. The smallest absolute Gasteiger partial charge is 0.262 e. The zero-order valence-corrected chi connectivity index (χ0v) is 19.0. The highest BCUT2D eigenvalue weighted by Crippen LogP contribution is 2.31. The molecule has 172 valence electrons. The van der Waals surface area contributed by atoms with Crippen LogP contribution >= 0.6 is 11.6 Å². The van der Waals surface area contributed by atoms with E-state index in [0.29, 0.717) is 17.1 Å². The normalized spacial score (nSPS) is 14.2. The van der Waals surface area contributed by atoms with E-state index < -0.39 is 17.5 Å². The highest BCUT2D eigenvalue weighted by Gasteiger charge is 2.33. The van der Waals surface area contributed by atoms with Gasteiger partial charge in [0.1, 0.15) is 5.82 Å². The minimum absolute atomic E-state index is 0.112. The number of nitrogens with zero attached hydrogens (tertiary/aromatic N) is 2. The number of fused-ring (bicyclic) bond motifs is 1. The second-order valence-electron chi connectivity index (χ2n) is 7.55. The molecule has 0 saturated heterocycles. The van der Waals surface area contributed by atoms with Crippen molar-refractivity contribution in [3.8, 4) is 5.88 Å². The zero-order chi connectivity index (χ0) is 24.4. The number of rotatable bonds is 5. The molecule has 2 aromatic carbocycles. The molecule has 9 heteroatoms. The van der Waals surface area contributed by atoms with Gasteiger partial charge >= 0.3 is 0 Å². The maximum Gasteiger partial charge on any atom is 0.262 e. The van der Waals surface area contributed by atoms with Crippen molar-refractivity contribution in [2.24, 2.45) is 0 Å². The Hall–Kier alpha value is -4.04. The van der Waals surface area contributed by atoms with Crippen molar-refractivity contribution >= 4 is 41.0 Å². The van der Waals surface area contributed by atoms with Crippen molar-refractivity contribution in [2.75, 3.05) is 19.1 Å². The van der Waals surface area contributed by atoms with E-state index in [1.807, 2.05) is 0 Å². The van der Waals surface area contributed by atoms with Gasteiger partial charge in [0.05, 0.1) is 23.4 Å². The van der Waals surface area contributed by atoms with E-state index in [4.69, 9.17) is 16.3 Å². The number of nitrogens with one attached hydrogen (secondary N) is 1. The van der Waals surface area contributed by atoms with Gasteiger partial charge in [-0.25, -0.2) is 9.37 Å². The number of carbonyl (C=O) groups excluding carboxylic acids is 3. The first kappa shape index (κ1) is 23.1. The van der Waals surface area contributed by atoms with Crippen LogP contribution in [0.25, 0.3) is 6.08 Å². The van der Waals surface area contributed by atoms with E-state index >= 15 is 0 Å². The fourth-order valence-electron chi connectivity index (χ4n) is 3.54. The fourth-order valence-corrected chi connectivity index (χ4v) is 3.73. The average Bonchev–Trinajstić information content (AvgIpc) is 2.85. The molecular weight excluding hydrogens is 461 g/mol. The standard InChI is InChI=1S/C25H19ClFN3O4/c1-30-21-6-4-16(24(32)29-13-15-7-8-28-22(11-15)34-2)12-17(21)23(31)18(25(30)33)9-14-3-5-20(27)19(26)10-14/h3-12H,13H2,1-2H3,(H,29,32)/b18-9-. The molecule has 1 aliphatic heterocycles. The van der Waals surface area contributed by atoms with Gasteiger partial charge < -0.3 is 15.0 Å². The van der Waals surface area contributed by atoms with E-state index in [2.05, 4.69) is 10.3 Å². The van der Waals surface area contributed by atoms with Gasteiger partial charge in [-0.3, -0.25) is 14.4 Å². The number of aromatic nitrogens is 1. The van der Waals surface area contributed by atoms with Crippen LogP contribution in [0.2, 0.25) is 5.02 Å². The quantitative estimate of drug-likeness (QED) is 0.440. The molecule has 0 unspecified atom stereocenters. The summed E-state index contributed by atoms with van der Waals surface area (Å²) in [6.45, 7) is 0.234. The Morgan fingerprint density at radius 1 is 1.18 bits per heavy atom. The molecule has 4 rings (SSSR count). The molecule has 0 fully saturated rings. The third-order valence-corrected chi connectivity index (χ3v) is 5.65. The van der Waals surface area contributed by atoms with Crippen LogP contribution in [0.1, 0.15) is 31.8 Å². The molecule has 2 heterocycles. The maximum absolute atomic E-state index is 13.5. The number of hydrogen-bond donors (Lipinski definition) is 1. The van der Waals surface area contributed by atoms with Gasteiger partial charge in [0.25, 0.3) is 11.8 Å². The predicted octanol–water partition coefficient (Wildman–Crippen LogP) is 4.06. The van der Waals surface area contributed by atoms with E-state index in [-0.39, 0.29) is 34.2 Å². The number of Topliss-reactive ketones (excluding diaryl/α,β-unsaturated/α-hetero) is 1. The summed E-state index contributed by atoms with van der Waals surface area (Å²) in [5.41, 5.74) is 1.95. The molecular formula is C25H19ClFN3O4. The summed E-state index contributed by atoms with van der Waals surface area (Å²) in [5.74, 6) is -1.61. The SMILES string of the molecule is COc1cc(CNC(=O)c2ccc3c(c2)C(=O)/C(=C/c2ccc(F)c(Cl)c2)C(=O)N3C)ccn1. The van der Waals surface area contributed by atoms with Crippen LogP contribution in [0, 0.1) is 5.82 Å². The fraction of sp³-hybridized carbons (Fsp3) is 0.120. The summed E-state index contributed by atoms with van der Waals surface area (Å²) in [6.07, 6.45) is 2.94. The second-order valence-corrected chi connectivity index (χ2v) is 7.95. The van der Waals surface area contributed by atoms with Crippen LogP contribution in [0.4, 0.5) is 10.1 Å². The summed E-state index contributed by atoms with van der Waals surface area (Å²) in [7, 11) is 3.04. The van der Waals surface area contributed by atoms with Crippen molar-refractivity contribution in [2.45, 2.75) is 6.54 Å². The van der Waals surface area contributed by atoms with Crippen LogP contribution in [0.5, 0.6) is 5.88 Å². The molecule has 1 N–H and O–H groups in total. The Bertz CT molecular complexity index is 1360.